The normalized spacial score (nSPS) is 10.6. The van der Waals surface area contributed by atoms with Gasteiger partial charge in [0.1, 0.15) is 0 Å². The van der Waals surface area contributed by atoms with Gasteiger partial charge in [0, 0.05) is 34.9 Å². The number of carbonyl (C=O) groups is 1. The first-order valence-electron chi connectivity index (χ1n) is 6.70. The number of fused-ring (bicyclic) bond motifs is 1. The maximum absolute atomic E-state index is 11.4. The highest BCUT2D eigenvalue weighted by Gasteiger charge is 2.15. The molecule has 0 saturated carbocycles. The van der Waals surface area contributed by atoms with Gasteiger partial charge in [-0.25, -0.2) is 4.79 Å². The molecule has 1 heterocycles. The summed E-state index contributed by atoms with van der Waals surface area (Å²) in [4.78, 5) is 15.6. The van der Waals surface area contributed by atoms with Crippen molar-refractivity contribution in [3.8, 4) is 11.1 Å². The molecule has 0 aliphatic carbocycles. The van der Waals surface area contributed by atoms with E-state index in [2.05, 4.69) is 10.3 Å². The lowest BCUT2D eigenvalue weighted by Gasteiger charge is -2.13. The lowest BCUT2D eigenvalue weighted by atomic mass is 9.96. The first-order chi connectivity index (χ1) is 10.6. The molecule has 0 bridgehead atoms. The topological polar surface area (TPSA) is 62.2 Å². The van der Waals surface area contributed by atoms with Gasteiger partial charge in [0.2, 0.25) is 0 Å². The van der Waals surface area contributed by atoms with Gasteiger partial charge in [-0.1, -0.05) is 23.7 Å². The average molecular weight is 313 g/mol. The number of aromatic nitrogens is 1. The summed E-state index contributed by atoms with van der Waals surface area (Å²) >= 11 is 6.12. The summed E-state index contributed by atoms with van der Waals surface area (Å²) in [7, 11) is 1.83. The van der Waals surface area contributed by atoms with Crippen molar-refractivity contribution in [3.05, 3.63) is 59.2 Å². The Morgan fingerprint density at radius 3 is 2.73 bits per heavy atom. The molecule has 2 N–H and O–H groups in total. The van der Waals surface area contributed by atoms with E-state index in [-0.39, 0.29) is 5.56 Å². The molecule has 0 atom stereocenters. The van der Waals surface area contributed by atoms with Crippen molar-refractivity contribution in [2.45, 2.75) is 0 Å². The number of carboxylic acid groups (broad SMARTS) is 1. The monoisotopic (exact) mass is 312 g/mol. The maximum atomic E-state index is 11.4. The zero-order valence-corrected chi connectivity index (χ0v) is 12.6. The lowest BCUT2D eigenvalue weighted by Crippen LogP contribution is -2.00. The zero-order chi connectivity index (χ0) is 15.7. The first-order valence-corrected chi connectivity index (χ1v) is 7.08. The molecule has 0 aliphatic rings. The molecule has 22 heavy (non-hydrogen) atoms. The fraction of sp³-hybridized carbons (Fsp3) is 0.0588. The van der Waals surface area contributed by atoms with Gasteiger partial charge < -0.3 is 10.4 Å². The number of nitrogens with zero attached hydrogens (tertiary/aromatic N) is 1. The number of nitrogens with one attached hydrogen (secondary N) is 1. The Hall–Kier alpha value is -2.59. The summed E-state index contributed by atoms with van der Waals surface area (Å²) in [5.74, 6) is -0.991. The van der Waals surface area contributed by atoms with Crippen molar-refractivity contribution < 1.29 is 9.90 Å². The van der Waals surface area contributed by atoms with Crippen LogP contribution in [-0.4, -0.2) is 23.1 Å². The molecule has 0 spiro atoms. The molecule has 4 nitrogen and oxygen atoms in total. The number of pyridine rings is 1. The summed E-state index contributed by atoms with van der Waals surface area (Å²) in [6, 6.07) is 12.6. The Morgan fingerprint density at radius 1 is 1.18 bits per heavy atom. The van der Waals surface area contributed by atoms with Crippen LogP contribution in [0.1, 0.15) is 10.4 Å². The van der Waals surface area contributed by atoms with Gasteiger partial charge in [0.25, 0.3) is 0 Å². The molecule has 0 aliphatic heterocycles. The Labute approximate surface area is 132 Å². The predicted octanol–water partition coefficient (Wildman–Crippen LogP) is 4.30. The van der Waals surface area contributed by atoms with Gasteiger partial charge in [-0.05, 0) is 35.9 Å². The molecule has 110 valence electrons. The van der Waals surface area contributed by atoms with E-state index in [1.54, 1.807) is 24.4 Å². The van der Waals surface area contributed by atoms with Gasteiger partial charge in [0.05, 0.1) is 11.1 Å². The third-order valence-electron chi connectivity index (χ3n) is 3.54. The van der Waals surface area contributed by atoms with E-state index in [9.17, 15) is 9.90 Å². The van der Waals surface area contributed by atoms with E-state index < -0.39 is 5.97 Å². The van der Waals surface area contributed by atoms with E-state index in [1.807, 2.05) is 31.3 Å². The minimum Gasteiger partial charge on any atom is -0.478 e. The fourth-order valence-corrected chi connectivity index (χ4v) is 2.71. The molecular weight excluding hydrogens is 300 g/mol. The van der Waals surface area contributed by atoms with Crippen LogP contribution < -0.4 is 5.32 Å². The van der Waals surface area contributed by atoms with E-state index in [1.165, 1.54) is 0 Å². The molecule has 0 fully saturated rings. The standard InChI is InChI=1S/C17H13ClN2O2/c1-19-15-7-4-10(18)9-14(15)11-5-6-13(17(21)22)16-12(11)3-2-8-20-16/h2-9,19H,1H3,(H,21,22). The molecule has 5 heteroatoms. The van der Waals surface area contributed by atoms with Gasteiger partial charge in [-0.2, -0.15) is 0 Å². The molecular formula is C17H13ClN2O2. The van der Waals surface area contributed by atoms with Crippen molar-refractivity contribution in [2.75, 3.05) is 12.4 Å². The quantitative estimate of drug-likeness (QED) is 0.757. The molecule has 0 amide bonds. The number of aromatic carboxylic acids is 1. The van der Waals surface area contributed by atoms with Crippen LogP contribution in [0.2, 0.25) is 5.02 Å². The van der Waals surface area contributed by atoms with Crippen LogP contribution in [0.3, 0.4) is 0 Å². The van der Waals surface area contributed by atoms with Gasteiger partial charge >= 0.3 is 5.97 Å². The van der Waals surface area contributed by atoms with E-state index in [4.69, 9.17) is 11.6 Å². The molecule has 1 aromatic heterocycles. The van der Waals surface area contributed by atoms with Gasteiger partial charge in [-0.15, -0.1) is 0 Å². The Bertz CT molecular complexity index is 878. The number of rotatable bonds is 3. The van der Waals surface area contributed by atoms with Crippen LogP contribution in [0.15, 0.2) is 48.7 Å². The van der Waals surface area contributed by atoms with Gasteiger partial charge in [-0.3, -0.25) is 4.98 Å². The Balaban J connectivity index is 2.36. The summed E-state index contributed by atoms with van der Waals surface area (Å²) in [6.45, 7) is 0. The van der Waals surface area contributed by atoms with Crippen LogP contribution in [0.4, 0.5) is 5.69 Å². The minimum absolute atomic E-state index is 0.187. The van der Waals surface area contributed by atoms with Crippen LogP contribution in [0, 0.1) is 0 Å². The lowest BCUT2D eigenvalue weighted by molar-refractivity contribution is 0.0699. The molecule has 3 aromatic rings. The second-order valence-electron chi connectivity index (χ2n) is 4.81. The predicted molar refractivity (Wildman–Crippen MR) is 88.7 cm³/mol. The largest absolute Gasteiger partial charge is 0.478 e. The number of hydrogen-bond donors (Lipinski definition) is 2. The summed E-state index contributed by atoms with van der Waals surface area (Å²) in [6.07, 6.45) is 1.59. The summed E-state index contributed by atoms with van der Waals surface area (Å²) < 4.78 is 0. The summed E-state index contributed by atoms with van der Waals surface area (Å²) in [5.41, 5.74) is 3.37. The van der Waals surface area contributed by atoms with E-state index in [0.717, 1.165) is 22.2 Å². The fourth-order valence-electron chi connectivity index (χ4n) is 2.54. The van der Waals surface area contributed by atoms with Crippen molar-refractivity contribution in [3.63, 3.8) is 0 Å². The van der Waals surface area contributed by atoms with Crippen molar-refractivity contribution in [1.29, 1.82) is 0 Å². The minimum atomic E-state index is -0.991. The van der Waals surface area contributed by atoms with Crippen LogP contribution >= 0.6 is 11.6 Å². The molecule has 0 saturated heterocycles. The third kappa shape index (κ3) is 2.38. The molecule has 3 rings (SSSR count). The molecule has 0 unspecified atom stereocenters. The summed E-state index contributed by atoms with van der Waals surface area (Å²) in [5, 5.41) is 13.8. The SMILES string of the molecule is CNc1ccc(Cl)cc1-c1ccc(C(=O)O)c2ncccc12. The second-order valence-corrected chi connectivity index (χ2v) is 5.24. The van der Waals surface area contributed by atoms with Crippen LogP contribution in [0.25, 0.3) is 22.0 Å². The van der Waals surface area contributed by atoms with Crippen molar-refractivity contribution in [2.24, 2.45) is 0 Å². The molecule has 2 aromatic carbocycles. The van der Waals surface area contributed by atoms with Crippen molar-refractivity contribution in [1.82, 2.24) is 4.98 Å². The van der Waals surface area contributed by atoms with Gasteiger partial charge in [0.15, 0.2) is 0 Å². The zero-order valence-electron chi connectivity index (χ0n) is 11.8. The highest BCUT2D eigenvalue weighted by molar-refractivity contribution is 6.31. The number of anilines is 1. The Kier molecular flexibility index (Phi) is 3.69. The van der Waals surface area contributed by atoms with E-state index >= 15 is 0 Å². The second kappa shape index (κ2) is 5.66. The average Bonchev–Trinajstić information content (AvgIpc) is 2.53. The number of carboxylic acids is 1. The maximum Gasteiger partial charge on any atom is 0.337 e. The smallest absolute Gasteiger partial charge is 0.337 e. The first kappa shape index (κ1) is 14.4. The number of halogens is 1. The third-order valence-corrected chi connectivity index (χ3v) is 3.78. The number of hydrogen-bond acceptors (Lipinski definition) is 3. The number of benzene rings is 2. The van der Waals surface area contributed by atoms with Crippen LogP contribution in [-0.2, 0) is 0 Å². The van der Waals surface area contributed by atoms with Crippen LogP contribution in [0.5, 0.6) is 0 Å². The highest BCUT2D eigenvalue weighted by Crippen LogP contribution is 2.35. The molecule has 0 radical (unpaired) electrons. The van der Waals surface area contributed by atoms with Crippen molar-refractivity contribution >= 4 is 34.2 Å². The van der Waals surface area contributed by atoms with E-state index in [0.29, 0.717) is 10.5 Å². The Morgan fingerprint density at radius 2 is 2.00 bits per heavy atom. The highest BCUT2D eigenvalue weighted by atomic mass is 35.5.